The molecule has 0 spiro atoms. The van der Waals surface area contributed by atoms with Gasteiger partial charge in [0.2, 0.25) is 10.8 Å². The third-order valence-corrected chi connectivity index (χ3v) is 8.61. The molecule has 0 bridgehead atoms. The van der Waals surface area contributed by atoms with Gasteiger partial charge in [0, 0.05) is 34.5 Å². The maximum atomic E-state index is 14.0. The van der Waals surface area contributed by atoms with Gasteiger partial charge in [-0.15, -0.1) is 0 Å². The van der Waals surface area contributed by atoms with Gasteiger partial charge in [0.15, 0.2) is 0 Å². The highest BCUT2D eigenvalue weighted by Gasteiger charge is 2.60. The Balaban J connectivity index is 1.65. The van der Waals surface area contributed by atoms with E-state index in [0.29, 0.717) is 29.2 Å². The number of nitrogens with zero attached hydrogens (tertiary/aromatic N) is 2. The molecule has 3 aromatic rings. The maximum absolute atomic E-state index is 14.0. The van der Waals surface area contributed by atoms with Gasteiger partial charge in [0.05, 0.1) is 11.6 Å². The Labute approximate surface area is 237 Å². The molecule has 200 valence electrons. The van der Waals surface area contributed by atoms with Crippen LogP contribution in [0.3, 0.4) is 0 Å². The highest BCUT2D eigenvalue weighted by molar-refractivity contribution is 7.99. The van der Waals surface area contributed by atoms with E-state index in [-0.39, 0.29) is 17.9 Å². The lowest BCUT2D eigenvalue weighted by molar-refractivity contribution is -0.145. The normalized spacial score (nSPS) is 18.2. The minimum absolute atomic E-state index is 0.154. The first-order valence-electron chi connectivity index (χ1n) is 12.5. The first-order chi connectivity index (χ1) is 18.7. The molecule has 7 nitrogen and oxygen atoms in total. The van der Waals surface area contributed by atoms with Crippen LogP contribution < -0.4 is 10.1 Å². The van der Waals surface area contributed by atoms with E-state index in [2.05, 4.69) is 21.3 Å². The van der Waals surface area contributed by atoms with E-state index >= 15 is 0 Å². The summed E-state index contributed by atoms with van der Waals surface area (Å²) >= 11 is 7.17. The minimum atomic E-state index is -1.41. The highest BCUT2D eigenvalue weighted by atomic mass is 35.5. The summed E-state index contributed by atoms with van der Waals surface area (Å²) in [6, 6.07) is 26.2. The third kappa shape index (κ3) is 5.80. The Hall–Kier alpha value is -3.80. The van der Waals surface area contributed by atoms with E-state index in [4.69, 9.17) is 16.3 Å². The quantitative estimate of drug-likeness (QED) is 0.247. The van der Waals surface area contributed by atoms with Gasteiger partial charge in [-0.2, -0.15) is 10.4 Å². The largest absolute Gasteiger partial charge is 0.441 e. The third-order valence-electron chi connectivity index (χ3n) is 7.09. The first kappa shape index (κ1) is 28.2. The van der Waals surface area contributed by atoms with E-state index < -0.39 is 10.3 Å². The number of carbonyl (C=O) groups is 2. The summed E-state index contributed by atoms with van der Waals surface area (Å²) in [5, 5.41) is 17.7. The van der Waals surface area contributed by atoms with Crippen molar-refractivity contribution in [3.8, 4) is 6.07 Å². The lowest BCUT2D eigenvalue weighted by Gasteiger charge is -2.40. The fourth-order valence-corrected chi connectivity index (χ4v) is 5.84. The zero-order valence-corrected chi connectivity index (χ0v) is 23.4. The van der Waals surface area contributed by atoms with Crippen LogP contribution in [-0.4, -0.2) is 29.1 Å². The van der Waals surface area contributed by atoms with Crippen LogP contribution in [0.5, 0.6) is 0 Å². The Morgan fingerprint density at radius 1 is 1.18 bits per heavy atom. The van der Waals surface area contributed by atoms with E-state index in [1.54, 1.807) is 19.9 Å². The summed E-state index contributed by atoms with van der Waals surface area (Å²) in [5.41, 5.74) is 2.47. The van der Waals surface area contributed by atoms with Gasteiger partial charge in [-0.05, 0) is 62.6 Å². The monoisotopic (exact) mass is 560 g/mol. The molecule has 0 fully saturated rings. The summed E-state index contributed by atoms with van der Waals surface area (Å²) < 4.78 is 5.69. The fraction of sp³-hybridized carbons (Fsp3) is 0.267. The number of carbonyl (C=O) groups excluding carboxylic acids is 2. The predicted molar refractivity (Wildman–Crippen MR) is 154 cm³/mol. The number of hydrazone groups is 1. The smallest absolute Gasteiger partial charge is 0.294 e. The molecule has 0 saturated heterocycles. The number of hydrogen-bond donors (Lipinski definition) is 2. The average Bonchev–Trinajstić information content (AvgIpc) is 3.38. The molecule has 0 radical (unpaired) electrons. The van der Waals surface area contributed by atoms with Crippen molar-refractivity contribution in [3.05, 3.63) is 106 Å². The first-order valence-corrected chi connectivity index (χ1v) is 13.6. The molecule has 2 N–H and O–H groups in total. The molecular formula is C30H29ClN4O3S. The molecule has 3 atom stereocenters. The molecule has 1 aliphatic rings. The minimum Gasteiger partial charge on any atom is -0.441 e. The summed E-state index contributed by atoms with van der Waals surface area (Å²) in [6.45, 7) is 5.77. The average molecular weight is 561 g/mol. The Kier molecular flexibility index (Phi) is 8.63. The molecular weight excluding hydrogens is 532 g/mol. The van der Waals surface area contributed by atoms with Crippen molar-refractivity contribution in [2.24, 2.45) is 10.5 Å². The molecule has 0 aromatic heterocycles. The van der Waals surface area contributed by atoms with E-state index in [1.165, 1.54) is 0 Å². The standard InChI is InChI=1S/C30H29ClN4O3S/c1-20(26(17-21-12-14-25(31)15-13-21)24-11-7-8-22(16-24)18-32)33-28(37)29(2,3)30(38-19-36)27(34-35-39-30)23-9-5-4-6-10-23/h4-16,19-20,26,35H,17H2,1-3H3,(H,33,37)/t20-,26+,30?/m0/s1. The van der Waals surface area contributed by atoms with Crippen molar-refractivity contribution in [2.45, 2.75) is 44.1 Å². The van der Waals surface area contributed by atoms with Crippen LogP contribution in [-0.2, 0) is 20.7 Å². The van der Waals surface area contributed by atoms with Gasteiger partial charge in [0.1, 0.15) is 11.1 Å². The topological polar surface area (TPSA) is 104 Å². The van der Waals surface area contributed by atoms with Crippen molar-refractivity contribution in [1.82, 2.24) is 10.1 Å². The molecule has 0 aliphatic carbocycles. The molecule has 1 heterocycles. The summed E-state index contributed by atoms with van der Waals surface area (Å²) in [4.78, 5) is 27.2. The van der Waals surface area contributed by atoms with Crippen LogP contribution in [0.4, 0.5) is 0 Å². The van der Waals surface area contributed by atoms with Crippen LogP contribution in [0.15, 0.2) is 84.0 Å². The highest BCUT2D eigenvalue weighted by Crippen LogP contribution is 2.47. The zero-order chi connectivity index (χ0) is 28.0. The van der Waals surface area contributed by atoms with Crippen LogP contribution in [0.1, 0.15) is 48.9 Å². The number of amides is 1. The number of benzene rings is 3. The SMILES string of the molecule is C[C@H](NC(=O)C(C)(C)C1(OC=O)SNN=C1c1ccccc1)[C@@H](Cc1ccc(Cl)cc1)c1cccc(C#N)c1. The Morgan fingerprint density at radius 2 is 1.90 bits per heavy atom. The van der Waals surface area contributed by atoms with E-state index in [0.717, 1.165) is 28.6 Å². The van der Waals surface area contributed by atoms with Crippen molar-refractivity contribution in [3.63, 3.8) is 0 Å². The number of halogens is 1. The summed E-state index contributed by atoms with van der Waals surface area (Å²) in [7, 11) is 0. The van der Waals surface area contributed by atoms with Gasteiger partial charge in [-0.25, -0.2) is 4.83 Å². The predicted octanol–water partition coefficient (Wildman–Crippen LogP) is 5.59. The van der Waals surface area contributed by atoms with Gasteiger partial charge in [-0.3, -0.25) is 9.59 Å². The second-order valence-corrected chi connectivity index (χ2v) is 11.3. The molecule has 1 amide bonds. The lowest BCUT2D eigenvalue weighted by Crippen LogP contribution is -2.58. The number of ether oxygens (including phenoxy) is 1. The summed E-state index contributed by atoms with van der Waals surface area (Å²) in [5.74, 6) is -0.465. The Morgan fingerprint density at radius 3 is 2.56 bits per heavy atom. The molecule has 0 saturated carbocycles. The number of rotatable bonds is 10. The van der Waals surface area contributed by atoms with Crippen molar-refractivity contribution < 1.29 is 14.3 Å². The second-order valence-electron chi connectivity index (χ2n) is 9.91. The van der Waals surface area contributed by atoms with Gasteiger partial charge in [0.25, 0.3) is 6.47 Å². The molecule has 39 heavy (non-hydrogen) atoms. The molecule has 4 rings (SSSR count). The van der Waals surface area contributed by atoms with Crippen LogP contribution >= 0.6 is 23.5 Å². The van der Waals surface area contributed by atoms with Crippen LogP contribution in [0.25, 0.3) is 0 Å². The zero-order valence-electron chi connectivity index (χ0n) is 21.9. The number of hydrogen-bond acceptors (Lipinski definition) is 7. The Bertz CT molecular complexity index is 1410. The van der Waals surface area contributed by atoms with Crippen molar-refractivity contribution >= 4 is 41.6 Å². The number of nitrogens with one attached hydrogen (secondary N) is 2. The second kappa shape index (κ2) is 11.9. The van der Waals surface area contributed by atoms with Crippen molar-refractivity contribution in [2.75, 3.05) is 0 Å². The van der Waals surface area contributed by atoms with Gasteiger partial charge >= 0.3 is 0 Å². The molecule has 1 aliphatic heterocycles. The number of nitriles is 1. The lowest BCUT2D eigenvalue weighted by atomic mass is 9.79. The molecule has 9 heteroatoms. The van der Waals surface area contributed by atoms with E-state index in [1.807, 2.05) is 79.7 Å². The van der Waals surface area contributed by atoms with Crippen molar-refractivity contribution in [1.29, 1.82) is 5.26 Å². The molecule has 1 unspecified atom stereocenters. The fourth-order valence-electron chi connectivity index (χ4n) is 4.76. The van der Waals surface area contributed by atoms with Gasteiger partial charge < -0.3 is 10.1 Å². The summed E-state index contributed by atoms with van der Waals surface area (Å²) in [6.07, 6.45) is 0.608. The van der Waals surface area contributed by atoms with E-state index in [9.17, 15) is 14.9 Å². The molecule has 3 aromatic carbocycles. The van der Waals surface area contributed by atoms with Crippen LogP contribution in [0.2, 0.25) is 5.02 Å². The van der Waals surface area contributed by atoms with Gasteiger partial charge in [-0.1, -0.05) is 66.2 Å². The maximum Gasteiger partial charge on any atom is 0.294 e. The van der Waals surface area contributed by atoms with Crippen LogP contribution in [0, 0.1) is 16.7 Å².